The largest absolute Gasteiger partial charge is 0.351 e. The number of hydrogen-bond acceptors (Lipinski definition) is 4. The average Bonchev–Trinajstić information content (AvgIpc) is 2.68. The lowest BCUT2D eigenvalue weighted by molar-refractivity contribution is 0.166. The highest BCUT2D eigenvalue weighted by Gasteiger charge is 2.32. The highest BCUT2D eigenvalue weighted by atomic mass is 15.5. The first-order valence-corrected chi connectivity index (χ1v) is 6.34. The van der Waals surface area contributed by atoms with Crippen molar-refractivity contribution in [3.05, 3.63) is 24.3 Å². The van der Waals surface area contributed by atoms with Crippen molar-refractivity contribution in [2.45, 2.75) is 25.2 Å². The maximum Gasteiger partial charge on any atom is 0.157 e. The molecule has 0 radical (unpaired) electrons. The molecule has 2 heterocycles. The summed E-state index contributed by atoms with van der Waals surface area (Å²) in [6.45, 7) is 2.11. The molecule has 1 aromatic rings. The van der Waals surface area contributed by atoms with Gasteiger partial charge in [0.1, 0.15) is 0 Å². The van der Waals surface area contributed by atoms with Gasteiger partial charge in [0, 0.05) is 26.2 Å². The zero-order valence-corrected chi connectivity index (χ0v) is 10.3. The summed E-state index contributed by atoms with van der Waals surface area (Å²) in [7, 11) is 2.14. The first kappa shape index (κ1) is 10.9. The molecule has 0 bridgehead atoms. The van der Waals surface area contributed by atoms with Crippen LogP contribution in [0.4, 0.5) is 11.4 Å². The van der Waals surface area contributed by atoms with Crippen LogP contribution in [0.1, 0.15) is 12.8 Å². The number of fused-ring (bicyclic) bond motifs is 1. The fraction of sp³-hybridized carbons (Fsp3) is 0.538. The molecule has 0 aromatic heterocycles. The molecule has 2 aliphatic rings. The van der Waals surface area contributed by atoms with Gasteiger partial charge < -0.3 is 16.0 Å². The van der Waals surface area contributed by atoms with E-state index >= 15 is 0 Å². The summed E-state index contributed by atoms with van der Waals surface area (Å²) in [6.07, 6.45) is 2.61. The Morgan fingerprint density at radius 1 is 1.35 bits per heavy atom. The monoisotopic (exact) mass is 232 g/mol. The van der Waals surface area contributed by atoms with Crippen molar-refractivity contribution in [1.29, 1.82) is 0 Å². The number of nitrogens with one attached hydrogen (secondary N) is 1. The van der Waals surface area contributed by atoms with E-state index < -0.39 is 0 Å². The Balaban J connectivity index is 1.79. The van der Waals surface area contributed by atoms with Crippen LogP contribution in [0.15, 0.2) is 24.3 Å². The summed E-state index contributed by atoms with van der Waals surface area (Å²) in [5, 5.41) is 3.57. The summed E-state index contributed by atoms with van der Waals surface area (Å²) in [5.41, 5.74) is 8.55. The Hall–Kier alpha value is -1.26. The van der Waals surface area contributed by atoms with Crippen molar-refractivity contribution in [3.8, 4) is 0 Å². The second-order valence-corrected chi connectivity index (χ2v) is 5.04. The molecular formula is C13H20N4. The van der Waals surface area contributed by atoms with E-state index in [4.69, 9.17) is 5.73 Å². The quantitative estimate of drug-likeness (QED) is 0.765. The molecule has 3 rings (SSSR count). The third-order valence-corrected chi connectivity index (χ3v) is 3.77. The van der Waals surface area contributed by atoms with E-state index in [1.807, 2.05) is 0 Å². The smallest absolute Gasteiger partial charge is 0.157 e. The Morgan fingerprint density at radius 2 is 2.18 bits per heavy atom. The van der Waals surface area contributed by atoms with E-state index in [9.17, 15) is 0 Å². The molecule has 0 saturated carbocycles. The number of hydrogen-bond donors (Lipinski definition) is 2. The van der Waals surface area contributed by atoms with E-state index in [1.165, 1.54) is 17.8 Å². The fourth-order valence-corrected chi connectivity index (χ4v) is 2.87. The normalized spacial score (nSPS) is 28.9. The second kappa shape index (κ2) is 4.20. The SMILES string of the molecule is CN1c2ccccc2NC1N1CCC[C@@H](N)C1. The van der Waals surface area contributed by atoms with E-state index in [-0.39, 0.29) is 6.29 Å². The summed E-state index contributed by atoms with van der Waals surface area (Å²) >= 11 is 0. The van der Waals surface area contributed by atoms with Crippen LogP contribution < -0.4 is 16.0 Å². The number of likely N-dealkylation sites (tertiary alicyclic amines) is 1. The van der Waals surface area contributed by atoms with Crippen LogP contribution in [0.3, 0.4) is 0 Å². The number of anilines is 2. The first-order valence-electron chi connectivity index (χ1n) is 6.34. The Kier molecular flexibility index (Phi) is 2.68. The molecule has 17 heavy (non-hydrogen) atoms. The van der Waals surface area contributed by atoms with Crippen molar-refractivity contribution >= 4 is 11.4 Å². The molecule has 4 heteroatoms. The van der Waals surface area contributed by atoms with Gasteiger partial charge in [0.15, 0.2) is 6.29 Å². The minimum absolute atomic E-state index is 0.263. The molecular weight excluding hydrogens is 212 g/mol. The number of nitrogens with zero attached hydrogens (tertiary/aromatic N) is 2. The standard InChI is InChI=1S/C13H20N4/c1-16-12-7-3-2-6-11(12)15-13(16)17-8-4-5-10(14)9-17/h2-3,6-7,10,13,15H,4-5,8-9,14H2,1H3/t10-,13?/m1/s1. The summed E-state index contributed by atoms with van der Waals surface area (Å²) in [5.74, 6) is 0. The number of nitrogens with two attached hydrogens (primary N) is 1. The predicted molar refractivity (Wildman–Crippen MR) is 71.0 cm³/mol. The zero-order chi connectivity index (χ0) is 11.8. The molecule has 0 aliphatic carbocycles. The molecule has 92 valence electrons. The molecule has 0 amide bonds. The molecule has 4 nitrogen and oxygen atoms in total. The van der Waals surface area contributed by atoms with Gasteiger partial charge in [0.05, 0.1) is 11.4 Å². The maximum absolute atomic E-state index is 6.06. The van der Waals surface area contributed by atoms with Gasteiger partial charge >= 0.3 is 0 Å². The lowest BCUT2D eigenvalue weighted by Gasteiger charge is -2.38. The van der Waals surface area contributed by atoms with E-state index in [2.05, 4.69) is 46.4 Å². The predicted octanol–water partition coefficient (Wildman–Crippen LogP) is 1.25. The summed E-state index contributed by atoms with van der Waals surface area (Å²) in [6, 6.07) is 8.77. The molecule has 2 atom stereocenters. The Labute approximate surface area is 102 Å². The average molecular weight is 232 g/mol. The topological polar surface area (TPSA) is 44.5 Å². The third-order valence-electron chi connectivity index (χ3n) is 3.77. The van der Waals surface area contributed by atoms with Crippen LogP contribution in [0.25, 0.3) is 0 Å². The molecule has 3 N–H and O–H groups in total. The van der Waals surface area contributed by atoms with Crippen molar-refractivity contribution in [2.24, 2.45) is 5.73 Å². The second-order valence-electron chi connectivity index (χ2n) is 5.04. The highest BCUT2D eigenvalue weighted by Crippen LogP contribution is 2.34. The molecule has 1 unspecified atom stereocenters. The van der Waals surface area contributed by atoms with Crippen LogP contribution in [0.5, 0.6) is 0 Å². The molecule has 0 spiro atoms. The van der Waals surface area contributed by atoms with Crippen LogP contribution in [0, 0.1) is 0 Å². The van der Waals surface area contributed by atoms with Crippen LogP contribution in [0.2, 0.25) is 0 Å². The number of para-hydroxylation sites is 2. The van der Waals surface area contributed by atoms with E-state index in [0.717, 1.165) is 19.5 Å². The van der Waals surface area contributed by atoms with E-state index in [1.54, 1.807) is 0 Å². The molecule has 1 aromatic carbocycles. The van der Waals surface area contributed by atoms with Crippen molar-refractivity contribution < 1.29 is 0 Å². The van der Waals surface area contributed by atoms with Crippen LogP contribution >= 0.6 is 0 Å². The van der Waals surface area contributed by atoms with Gasteiger partial charge in [-0.05, 0) is 25.0 Å². The number of rotatable bonds is 1. The number of piperidine rings is 1. The summed E-state index contributed by atoms with van der Waals surface area (Å²) in [4.78, 5) is 4.74. The highest BCUT2D eigenvalue weighted by molar-refractivity contribution is 5.75. The van der Waals surface area contributed by atoms with Gasteiger partial charge in [0.2, 0.25) is 0 Å². The van der Waals surface area contributed by atoms with Gasteiger partial charge in [-0.3, -0.25) is 4.90 Å². The lowest BCUT2D eigenvalue weighted by Crippen LogP contribution is -2.54. The third kappa shape index (κ3) is 1.87. The minimum Gasteiger partial charge on any atom is -0.351 e. The molecule has 1 saturated heterocycles. The fourth-order valence-electron chi connectivity index (χ4n) is 2.87. The Morgan fingerprint density at radius 3 is 2.94 bits per heavy atom. The van der Waals surface area contributed by atoms with Gasteiger partial charge in [-0.15, -0.1) is 0 Å². The molecule has 2 aliphatic heterocycles. The van der Waals surface area contributed by atoms with Gasteiger partial charge in [0.25, 0.3) is 0 Å². The van der Waals surface area contributed by atoms with Gasteiger partial charge in [-0.25, -0.2) is 0 Å². The van der Waals surface area contributed by atoms with Crippen LogP contribution in [-0.4, -0.2) is 37.4 Å². The Bertz CT molecular complexity index is 406. The first-order chi connectivity index (χ1) is 8.25. The minimum atomic E-state index is 0.263. The lowest BCUT2D eigenvalue weighted by atomic mass is 10.1. The number of benzene rings is 1. The molecule has 1 fully saturated rings. The van der Waals surface area contributed by atoms with Crippen molar-refractivity contribution in [2.75, 3.05) is 30.4 Å². The van der Waals surface area contributed by atoms with E-state index in [0.29, 0.717) is 6.04 Å². The van der Waals surface area contributed by atoms with Crippen LogP contribution in [-0.2, 0) is 0 Å². The summed E-state index contributed by atoms with van der Waals surface area (Å²) < 4.78 is 0. The van der Waals surface area contributed by atoms with Crippen molar-refractivity contribution in [1.82, 2.24) is 4.90 Å². The maximum atomic E-state index is 6.06. The van der Waals surface area contributed by atoms with Gasteiger partial charge in [-0.2, -0.15) is 0 Å². The van der Waals surface area contributed by atoms with Crippen molar-refractivity contribution in [3.63, 3.8) is 0 Å². The zero-order valence-electron chi connectivity index (χ0n) is 10.3. The van der Waals surface area contributed by atoms with Gasteiger partial charge in [-0.1, -0.05) is 12.1 Å².